The van der Waals surface area contributed by atoms with Crippen LogP contribution in [0, 0.1) is 0 Å². The van der Waals surface area contributed by atoms with E-state index in [2.05, 4.69) is 11.1 Å². The molecule has 0 aliphatic rings. The first-order valence-corrected chi connectivity index (χ1v) is 7.47. The van der Waals surface area contributed by atoms with E-state index in [0.717, 1.165) is 5.32 Å². The third kappa shape index (κ3) is 6.00. The van der Waals surface area contributed by atoms with Crippen molar-refractivity contribution in [3.63, 3.8) is 0 Å². The number of amides is 1. The van der Waals surface area contributed by atoms with Gasteiger partial charge in [0.2, 0.25) is 0 Å². The molecule has 1 N–H and O–H groups in total. The third-order valence-corrected chi connectivity index (χ3v) is 2.91. The summed E-state index contributed by atoms with van der Waals surface area (Å²) in [7, 11) is 0. The van der Waals surface area contributed by atoms with Crippen molar-refractivity contribution in [1.82, 2.24) is 5.32 Å². The van der Waals surface area contributed by atoms with Gasteiger partial charge in [-0.3, -0.25) is 0 Å². The molecule has 0 saturated carbocycles. The van der Waals surface area contributed by atoms with Gasteiger partial charge in [0.15, 0.2) is 0 Å². The molecule has 1 atom stereocenters. The van der Waals surface area contributed by atoms with Gasteiger partial charge in [0.25, 0.3) is 0 Å². The predicted octanol–water partition coefficient (Wildman–Crippen LogP) is 0.615. The van der Waals surface area contributed by atoms with Gasteiger partial charge in [-0.2, -0.15) is 0 Å². The fraction of sp³-hybridized carbons (Fsp3) is 0.778. The molecule has 0 aliphatic carbocycles. The fourth-order valence-electron chi connectivity index (χ4n) is 0.973. The molecule has 0 aliphatic heterocycles. The zero-order chi connectivity index (χ0) is 11.0. The normalized spacial score (nSPS) is 11.9. The molecule has 4 nitrogen and oxygen atoms in total. The fourth-order valence-corrected chi connectivity index (χ4v) is 1.96. The molecular weight excluding hydrogens is 249 g/mol. The van der Waals surface area contributed by atoms with Crippen molar-refractivity contribution >= 4 is 26.8 Å². The Labute approximate surface area is 90.9 Å². The summed E-state index contributed by atoms with van der Waals surface area (Å²) in [4.78, 5) is 22.2. The Hall–Kier alpha value is -0.541. The van der Waals surface area contributed by atoms with E-state index < -0.39 is 6.04 Å². The van der Waals surface area contributed by atoms with Gasteiger partial charge in [-0.25, -0.2) is 0 Å². The molecule has 82 valence electrons. The van der Waals surface area contributed by atoms with Crippen LogP contribution in [0.2, 0.25) is 11.1 Å². The first-order chi connectivity index (χ1) is 6.61. The van der Waals surface area contributed by atoms with E-state index in [1.54, 1.807) is 6.92 Å². The zero-order valence-corrected chi connectivity index (χ0v) is 10.5. The summed E-state index contributed by atoms with van der Waals surface area (Å²) in [5.74, 6) is 1.59. The molecule has 0 saturated heterocycles. The Morgan fingerprint density at radius 3 is 2.57 bits per heavy atom. The molecule has 1 amide bonds. The Morgan fingerprint density at radius 1 is 1.50 bits per heavy atom. The van der Waals surface area contributed by atoms with E-state index >= 15 is 0 Å². The van der Waals surface area contributed by atoms with Crippen molar-refractivity contribution in [2.24, 2.45) is 0 Å². The van der Waals surface area contributed by atoms with Crippen LogP contribution in [0.4, 0.5) is 0 Å². The number of nitrogens with one attached hydrogen (secondary N) is 1. The Bertz CT molecular complexity index is 196. The molecule has 0 heterocycles. The molecule has 0 aromatic heterocycles. The van der Waals surface area contributed by atoms with Gasteiger partial charge < -0.3 is 0 Å². The first kappa shape index (κ1) is 13.5. The van der Waals surface area contributed by atoms with E-state index in [0.29, 0.717) is 28.0 Å². The van der Waals surface area contributed by atoms with Crippen LogP contribution in [-0.4, -0.2) is 39.5 Å². The molecule has 0 rings (SSSR count). The molecule has 0 bridgehead atoms. The number of esters is 1. The second kappa shape index (κ2) is 7.83. The monoisotopic (exact) mass is 267 g/mol. The van der Waals surface area contributed by atoms with Crippen LogP contribution < -0.4 is 5.32 Å². The Morgan fingerprint density at radius 2 is 2.14 bits per heavy atom. The number of carbonyl (C=O) groups is 2. The van der Waals surface area contributed by atoms with Crippen molar-refractivity contribution in [3.05, 3.63) is 0 Å². The number of rotatable bonds is 6. The minimum absolute atomic E-state index is 0.188. The Kier molecular flexibility index (Phi) is 7.52. The summed E-state index contributed by atoms with van der Waals surface area (Å²) < 4.78 is 4.86. The summed E-state index contributed by atoms with van der Waals surface area (Å²) in [6.45, 7) is 3.52. The molecule has 0 spiro atoms. The quantitative estimate of drug-likeness (QED) is 0.566. The molecule has 5 heteroatoms. The second-order valence-corrected chi connectivity index (χ2v) is 4.85. The average Bonchev–Trinajstić information content (AvgIpc) is 2.12. The molecule has 0 aromatic carbocycles. The minimum atomic E-state index is -0.464. The number of hydrogen-bond donors (Lipinski definition) is 1. The van der Waals surface area contributed by atoms with Gasteiger partial charge in [-0.05, 0) is 0 Å². The summed E-state index contributed by atoms with van der Waals surface area (Å²) in [6.07, 6.45) is 0.676. The number of ether oxygens (including phenoxy) is 1. The summed E-state index contributed by atoms with van der Waals surface area (Å²) in [6, 6.07) is -0.464. The van der Waals surface area contributed by atoms with Gasteiger partial charge in [-0.1, -0.05) is 0 Å². The zero-order valence-electron chi connectivity index (χ0n) is 8.83. The SMILES string of the molecule is CCOC(=O)[C@H](CC[Se]C)NC(C)=O. The summed E-state index contributed by atoms with van der Waals surface area (Å²) in [5.41, 5.74) is 0. The van der Waals surface area contributed by atoms with Crippen LogP contribution in [-0.2, 0) is 14.3 Å². The maximum atomic E-state index is 11.4. The number of carbonyl (C=O) groups excluding carboxylic acids is 2. The average molecular weight is 266 g/mol. The molecule has 14 heavy (non-hydrogen) atoms. The molecule has 0 radical (unpaired) electrons. The van der Waals surface area contributed by atoms with Crippen LogP contribution in [0.15, 0.2) is 0 Å². The Balaban J connectivity index is 4.08. The van der Waals surface area contributed by atoms with E-state index in [9.17, 15) is 9.59 Å². The van der Waals surface area contributed by atoms with Crippen LogP contribution in [0.25, 0.3) is 0 Å². The molecular formula is C9H17NO3Se. The van der Waals surface area contributed by atoms with Gasteiger partial charge in [0.1, 0.15) is 0 Å². The summed E-state index contributed by atoms with van der Waals surface area (Å²) in [5, 5.41) is 3.56. The van der Waals surface area contributed by atoms with Gasteiger partial charge in [0.05, 0.1) is 0 Å². The maximum absolute atomic E-state index is 11.4. The van der Waals surface area contributed by atoms with Crippen molar-refractivity contribution in [2.45, 2.75) is 37.5 Å². The van der Waals surface area contributed by atoms with Crippen molar-refractivity contribution in [1.29, 1.82) is 0 Å². The second-order valence-electron chi connectivity index (χ2n) is 2.79. The predicted molar refractivity (Wildman–Crippen MR) is 55.3 cm³/mol. The van der Waals surface area contributed by atoms with E-state index in [4.69, 9.17) is 4.74 Å². The molecule has 0 aromatic rings. The van der Waals surface area contributed by atoms with Gasteiger partial charge in [-0.15, -0.1) is 0 Å². The molecule has 0 unspecified atom stereocenters. The third-order valence-electron chi connectivity index (χ3n) is 1.56. The molecule has 0 fully saturated rings. The standard InChI is InChI=1S/C9H17NO3Se/c1-4-13-9(12)8(5-6-14-3)10-7(2)11/h8H,4-6H2,1-3H3,(H,10,11)/t8-/m0/s1. The van der Waals surface area contributed by atoms with Crippen molar-refractivity contribution in [2.75, 3.05) is 6.61 Å². The summed E-state index contributed by atoms with van der Waals surface area (Å²) >= 11 is 0.517. The van der Waals surface area contributed by atoms with Crippen LogP contribution in [0.1, 0.15) is 20.3 Å². The van der Waals surface area contributed by atoms with E-state index in [1.165, 1.54) is 6.92 Å². The van der Waals surface area contributed by atoms with Gasteiger partial charge in [0, 0.05) is 0 Å². The topological polar surface area (TPSA) is 55.4 Å². The first-order valence-electron chi connectivity index (χ1n) is 4.54. The van der Waals surface area contributed by atoms with E-state index in [-0.39, 0.29) is 11.9 Å². The van der Waals surface area contributed by atoms with Crippen LogP contribution in [0.3, 0.4) is 0 Å². The van der Waals surface area contributed by atoms with Crippen LogP contribution in [0.5, 0.6) is 0 Å². The van der Waals surface area contributed by atoms with Gasteiger partial charge >= 0.3 is 90.5 Å². The van der Waals surface area contributed by atoms with Crippen LogP contribution >= 0.6 is 0 Å². The number of hydrogen-bond acceptors (Lipinski definition) is 3. The van der Waals surface area contributed by atoms with E-state index in [1.807, 2.05) is 0 Å². The van der Waals surface area contributed by atoms with Crippen molar-refractivity contribution < 1.29 is 14.3 Å². The van der Waals surface area contributed by atoms with Crippen molar-refractivity contribution in [3.8, 4) is 0 Å².